The molecule has 6 nitrogen and oxygen atoms in total. The zero-order valence-electron chi connectivity index (χ0n) is 15.3. The van der Waals surface area contributed by atoms with Crippen LogP contribution in [0.3, 0.4) is 0 Å². The van der Waals surface area contributed by atoms with Crippen LogP contribution in [0.15, 0.2) is 42.5 Å². The van der Waals surface area contributed by atoms with Gasteiger partial charge in [-0.05, 0) is 77.3 Å². The fourth-order valence-corrected chi connectivity index (χ4v) is 3.15. The third-order valence-corrected chi connectivity index (χ3v) is 5.22. The molecule has 1 atom stereocenters. The van der Waals surface area contributed by atoms with Gasteiger partial charge in [0.15, 0.2) is 16.6 Å². The number of thiocarbonyl (C=S) groups is 1. The Morgan fingerprint density at radius 3 is 2.21 bits per heavy atom. The molecule has 0 bridgehead atoms. The third-order valence-electron chi connectivity index (χ3n) is 3.63. The number of nitrogens with one attached hydrogen (secondary N) is 3. The Kier molecular flexibility index (Phi) is 8.90. The van der Waals surface area contributed by atoms with Gasteiger partial charge in [0.1, 0.15) is 6.17 Å². The summed E-state index contributed by atoms with van der Waals surface area (Å²) in [5.41, 5.74) is 1.04. The van der Waals surface area contributed by atoms with Gasteiger partial charge in [-0.3, -0.25) is 4.79 Å². The summed E-state index contributed by atoms with van der Waals surface area (Å²) in [6.45, 7) is 0. The molecule has 0 spiro atoms. The molecule has 2 aromatic carbocycles. The molecule has 0 fully saturated rings. The molecular formula is C18H17Cl3IN3O3S. The van der Waals surface area contributed by atoms with E-state index in [2.05, 4.69) is 38.5 Å². The molecule has 0 aliphatic rings. The number of ether oxygens (including phenoxy) is 2. The highest BCUT2D eigenvalue weighted by molar-refractivity contribution is 14.1. The summed E-state index contributed by atoms with van der Waals surface area (Å²) in [6.07, 6.45) is -1.10. The smallest absolute Gasteiger partial charge is 0.253 e. The van der Waals surface area contributed by atoms with Crippen molar-refractivity contribution < 1.29 is 14.3 Å². The quantitative estimate of drug-likeness (QED) is 0.196. The van der Waals surface area contributed by atoms with E-state index in [0.29, 0.717) is 17.1 Å². The first-order valence-electron chi connectivity index (χ1n) is 8.06. The van der Waals surface area contributed by atoms with Gasteiger partial charge in [-0.1, -0.05) is 34.8 Å². The second-order valence-corrected chi connectivity index (χ2v) is 9.65. The van der Waals surface area contributed by atoms with Gasteiger partial charge in [0.2, 0.25) is 3.79 Å². The summed E-state index contributed by atoms with van der Waals surface area (Å²) in [6, 6.07) is 12.2. The Morgan fingerprint density at radius 2 is 1.66 bits per heavy atom. The third kappa shape index (κ3) is 7.21. The molecule has 3 N–H and O–H groups in total. The molecule has 2 rings (SSSR count). The Labute approximate surface area is 202 Å². The number of halogens is 4. The molecule has 0 aliphatic carbocycles. The molecule has 0 heterocycles. The molecule has 0 radical (unpaired) electrons. The van der Waals surface area contributed by atoms with Crippen LogP contribution >= 0.6 is 69.6 Å². The summed E-state index contributed by atoms with van der Waals surface area (Å²) in [5.74, 6) is 0.393. The van der Waals surface area contributed by atoms with Crippen molar-refractivity contribution in [3.8, 4) is 11.5 Å². The first kappa shape index (κ1) is 24.1. The van der Waals surface area contributed by atoms with Crippen LogP contribution in [0.5, 0.6) is 11.5 Å². The van der Waals surface area contributed by atoms with Crippen LogP contribution in [0.2, 0.25) is 0 Å². The lowest BCUT2D eigenvalue weighted by Gasteiger charge is -2.28. The van der Waals surface area contributed by atoms with Crippen LogP contribution in [0.4, 0.5) is 5.69 Å². The zero-order valence-corrected chi connectivity index (χ0v) is 20.5. The first-order chi connectivity index (χ1) is 13.6. The summed E-state index contributed by atoms with van der Waals surface area (Å²) < 4.78 is 9.58. The molecule has 0 aliphatic heterocycles. The fraction of sp³-hybridized carbons (Fsp3) is 0.222. The maximum absolute atomic E-state index is 12.7. The molecule has 0 saturated heterocycles. The highest BCUT2D eigenvalue weighted by Crippen LogP contribution is 2.30. The maximum Gasteiger partial charge on any atom is 0.253 e. The largest absolute Gasteiger partial charge is 0.493 e. The normalized spacial score (nSPS) is 11.9. The number of carbonyl (C=O) groups is 1. The van der Waals surface area contributed by atoms with Crippen molar-refractivity contribution in [2.24, 2.45) is 0 Å². The van der Waals surface area contributed by atoms with E-state index < -0.39 is 15.9 Å². The van der Waals surface area contributed by atoms with Gasteiger partial charge >= 0.3 is 0 Å². The predicted molar refractivity (Wildman–Crippen MR) is 130 cm³/mol. The van der Waals surface area contributed by atoms with E-state index in [1.165, 1.54) is 20.3 Å². The Hall–Kier alpha value is -1.20. The molecule has 29 heavy (non-hydrogen) atoms. The maximum atomic E-state index is 12.7. The van der Waals surface area contributed by atoms with E-state index in [0.717, 1.165) is 9.26 Å². The van der Waals surface area contributed by atoms with E-state index in [1.54, 1.807) is 12.1 Å². The summed E-state index contributed by atoms with van der Waals surface area (Å²) in [4.78, 5) is 12.7. The van der Waals surface area contributed by atoms with Crippen molar-refractivity contribution in [2.75, 3.05) is 19.5 Å². The molecule has 2 aromatic rings. The van der Waals surface area contributed by atoms with Gasteiger partial charge in [0.25, 0.3) is 5.91 Å². The van der Waals surface area contributed by atoms with E-state index in [4.69, 9.17) is 56.5 Å². The van der Waals surface area contributed by atoms with E-state index >= 15 is 0 Å². The minimum absolute atomic E-state index is 0.176. The lowest BCUT2D eigenvalue weighted by Crippen LogP contribution is -2.56. The van der Waals surface area contributed by atoms with Gasteiger partial charge in [0.05, 0.1) is 14.2 Å². The summed E-state index contributed by atoms with van der Waals surface area (Å²) >= 11 is 25.5. The van der Waals surface area contributed by atoms with Crippen LogP contribution in [0, 0.1) is 3.57 Å². The zero-order chi connectivity index (χ0) is 21.6. The highest BCUT2D eigenvalue weighted by Gasteiger charge is 2.35. The molecule has 0 saturated carbocycles. The van der Waals surface area contributed by atoms with Crippen molar-refractivity contribution in [3.05, 3.63) is 51.6 Å². The number of carbonyl (C=O) groups excluding carboxylic acids is 1. The average Bonchev–Trinajstić information content (AvgIpc) is 2.67. The molecule has 0 aromatic heterocycles. The van der Waals surface area contributed by atoms with Gasteiger partial charge < -0.3 is 25.4 Å². The van der Waals surface area contributed by atoms with E-state index in [1.807, 2.05) is 24.3 Å². The topological polar surface area (TPSA) is 71.6 Å². The molecule has 156 valence electrons. The van der Waals surface area contributed by atoms with Crippen LogP contribution in [-0.4, -0.2) is 35.2 Å². The van der Waals surface area contributed by atoms with Crippen molar-refractivity contribution >= 4 is 86.3 Å². The number of benzene rings is 2. The SMILES string of the molecule is COc1ccc(C(=O)N[C@H](NC(=S)Nc2ccc(I)cc2)C(Cl)(Cl)Cl)cc1OC. The Balaban J connectivity index is 2.11. The summed E-state index contributed by atoms with van der Waals surface area (Å²) in [7, 11) is 2.97. The standard InChI is InChI=1S/C18H17Cl3IN3O3S/c1-27-13-8-3-10(9-14(13)28-2)15(26)24-16(18(19,20)21)25-17(29)23-12-6-4-11(22)5-7-12/h3-9,16H,1-2H3,(H,24,26)(H2,23,25,29)/t16-/m1/s1. The van der Waals surface area contributed by atoms with Gasteiger partial charge in [0, 0.05) is 14.8 Å². The highest BCUT2D eigenvalue weighted by atomic mass is 127. The second kappa shape index (κ2) is 10.7. The first-order valence-corrected chi connectivity index (χ1v) is 10.7. The minimum atomic E-state index is -1.87. The van der Waals surface area contributed by atoms with Gasteiger partial charge in [-0.2, -0.15) is 0 Å². The van der Waals surface area contributed by atoms with Crippen molar-refractivity contribution in [3.63, 3.8) is 0 Å². The lowest BCUT2D eigenvalue weighted by molar-refractivity contribution is 0.0934. The number of hydrogen-bond donors (Lipinski definition) is 3. The number of methoxy groups -OCH3 is 2. The van der Waals surface area contributed by atoms with E-state index in [-0.39, 0.29) is 5.11 Å². The second-order valence-electron chi connectivity index (χ2n) is 5.62. The van der Waals surface area contributed by atoms with Crippen molar-refractivity contribution in [1.82, 2.24) is 10.6 Å². The predicted octanol–water partition coefficient (Wildman–Crippen LogP) is 4.72. The van der Waals surface area contributed by atoms with Crippen LogP contribution in [-0.2, 0) is 0 Å². The minimum Gasteiger partial charge on any atom is -0.493 e. The van der Waals surface area contributed by atoms with Crippen LogP contribution in [0.1, 0.15) is 10.4 Å². The molecule has 1 amide bonds. The van der Waals surface area contributed by atoms with Gasteiger partial charge in [-0.15, -0.1) is 0 Å². The lowest BCUT2D eigenvalue weighted by atomic mass is 10.2. The van der Waals surface area contributed by atoms with Crippen LogP contribution < -0.4 is 25.4 Å². The number of hydrogen-bond acceptors (Lipinski definition) is 4. The Bertz CT molecular complexity index is 879. The monoisotopic (exact) mass is 587 g/mol. The molecular weight excluding hydrogens is 572 g/mol. The number of alkyl halides is 3. The number of anilines is 1. The summed E-state index contributed by atoms with van der Waals surface area (Å²) in [5, 5.41) is 8.57. The number of rotatable bonds is 6. The van der Waals surface area contributed by atoms with Crippen molar-refractivity contribution in [2.45, 2.75) is 9.96 Å². The number of amides is 1. The fourth-order valence-electron chi connectivity index (χ4n) is 2.22. The average molecular weight is 589 g/mol. The Morgan fingerprint density at radius 1 is 1.03 bits per heavy atom. The van der Waals surface area contributed by atoms with Crippen molar-refractivity contribution in [1.29, 1.82) is 0 Å². The molecule has 0 unspecified atom stereocenters. The van der Waals surface area contributed by atoms with Crippen LogP contribution in [0.25, 0.3) is 0 Å². The molecule has 11 heteroatoms. The van der Waals surface area contributed by atoms with Gasteiger partial charge in [-0.25, -0.2) is 0 Å². The van der Waals surface area contributed by atoms with E-state index in [9.17, 15) is 4.79 Å².